The lowest BCUT2D eigenvalue weighted by Crippen LogP contribution is -2.07. The Bertz CT molecular complexity index is 314. The van der Waals surface area contributed by atoms with E-state index >= 15 is 0 Å². The number of nitrogens with zero attached hydrogens (tertiary/aromatic N) is 2. The zero-order chi connectivity index (χ0) is 10.6. The number of rotatable bonds is 4. The highest BCUT2D eigenvalue weighted by molar-refractivity contribution is 7.80. The molecule has 0 aliphatic carbocycles. The Morgan fingerprint density at radius 3 is 2.79 bits per heavy atom. The van der Waals surface area contributed by atoms with Gasteiger partial charge in [0.2, 0.25) is 5.95 Å². The van der Waals surface area contributed by atoms with Gasteiger partial charge in [0.05, 0.1) is 10.6 Å². The molecule has 0 bridgehead atoms. The minimum Gasteiger partial charge on any atom is -0.369 e. The predicted octanol–water partition coefficient (Wildman–Crippen LogP) is 1.87. The van der Waals surface area contributed by atoms with Crippen LogP contribution < -0.4 is 11.1 Å². The van der Waals surface area contributed by atoms with Gasteiger partial charge < -0.3 is 11.1 Å². The molecule has 1 aromatic rings. The molecule has 0 aliphatic rings. The van der Waals surface area contributed by atoms with Crippen molar-refractivity contribution < 1.29 is 0 Å². The van der Waals surface area contributed by atoms with Crippen molar-refractivity contribution in [2.24, 2.45) is 0 Å². The number of aromatic nitrogens is 2. The molecule has 1 aromatic heterocycles. The maximum atomic E-state index is 5.54. The lowest BCUT2D eigenvalue weighted by atomic mass is 10.3. The maximum absolute atomic E-state index is 5.54. The van der Waals surface area contributed by atoms with Gasteiger partial charge in [-0.3, -0.25) is 0 Å². The first-order valence-electron chi connectivity index (χ1n) is 4.72. The minimum atomic E-state index is 0.291. The monoisotopic (exact) mass is 212 g/mol. The molecule has 4 nitrogen and oxygen atoms in total. The Morgan fingerprint density at radius 1 is 1.43 bits per heavy atom. The van der Waals surface area contributed by atoms with Crippen LogP contribution in [0.3, 0.4) is 0 Å². The van der Waals surface area contributed by atoms with E-state index < -0.39 is 0 Å². The van der Waals surface area contributed by atoms with Crippen molar-refractivity contribution >= 4 is 24.4 Å². The second-order valence-corrected chi connectivity index (χ2v) is 3.59. The quantitative estimate of drug-likeness (QED) is 0.526. The molecule has 1 heterocycles. The Balaban J connectivity index is 2.75. The van der Waals surface area contributed by atoms with Gasteiger partial charge in [-0.25, -0.2) is 4.98 Å². The second kappa shape index (κ2) is 5.05. The van der Waals surface area contributed by atoms with Crippen molar-refractivity contribution in [2.75, 3.05) is 17.6 Å². The lowest BCUT2D eigenvalue weighted by molar-refractivity contribution is 0.826. The molecule has 14 heavy (non-hydrogen) atoms. The third-order valence-corrected chi connectivity index (χ3v) is 2.43. The second-order valence-electron chi connectivity index (χ2n) is 3.14. The molecule has 0 atom stereocenters. The first-order valence-corrected chi connectivity index (χ1v) is 5.16. The van der Waals surface area contributed by atoms with Crippen LogP contribution in [0.2, 0.25) is 0 Å². The summed E-state index contributed by atoms with van der Waals surface area (Å²) in [4.78, 5) is 8.87. The van der Waals surface area contributed by atoms with E-state index in [1.165, 1.54) is 0 Å². The van der Waals surface area contributed by atoms with Gasteiger partial charge in [-0.05, 0) is 13.3 Å². The van der Waals surface area contributed by atoms with E-state index in [4.69, 9.17) is 5.73 Å². The van der Waals surface area contributed by atoms with Gasteiger partial charge in [-0.2, -0.15) is 4.98 Å². The third kappa shape index (κ3) is 2.77. The van der Waals surface area contributed by atoms with Gasteiger partial charge in [0.25, 0.3) is 0 Å². The molecular formula is C9H16N4S. The molecule has 0 aromatic carbocycles. The van der Waals surface area contributed by atoms with Crippen LogP contribution in [0.15, 0.2) is 4.90 Å². The summed E-state index contributed by atoms with van der Waals surface area (Å²) in [5.41, 5.74) is 6.34. The lowest BCUT2D eigenvalue weighted by Gasteiger charge is -2.09. The molecule has 0 amide bonds. The Morgan fingerprint density at radius 2 is 2.14 bits per heavy atom. The van der Waals surface area contributed by atoms with E-state index in [1.807, 2.05) is 6.92 Å². The smallest absolute Gasteiger partial charge is 0.222 e. The number of nitrogens with one attached hydrogen (secondary N) is 1. The molecule has 0 saturated carbocycles. The Labute approximate surface area is 89.7 Å². The number of hydrogen-bond acceptors (Lipinski definition) is 5. The molecule has 0 saturated heterocycles. The molecular weight excluding hydrogens is 196 g/mol. The maximum Gasteiger partial charge on any atom is 0.222 e. The van der Waals surface area contributed by atoms with E-state index in [-0.39, 0.29) is 0 Å². The van der Waals surface area contributed by atoms with Crippen LogP contribution in [0.25, 0.3) is 0 Å². The standard InChI is InChI=1S/C9H16N4S/c1-3-4-5-11-8-7(14)6(2)12-9(10)13-8/h14H,3-5H2,1-2H3,(H3,10,11,12,13). The minimum absolute atomic E-state index is 0.291. The van der Waals surface area contributed by atoms with E-state index in [9.17, 15) is 0 Å². The summed E-state index contributed by atoms with van der Waals surface area (Å²) in [6, 6.07) is 0. The topological polar surface area (TPSA) is 63.8 Å². The predicted molar refractivity (Wildman–Crippen MR) is 61.8 cm³/mol. The van der Waals surface area contributed by atoms with Crippen molar-refractivity contribution in [3.05, 3.63) is 5.69 Å². The fourth-order valence-corrected chi connectivity index (χ4v) is 1.27. The molecule has 0 radical (unpaired) electrons. The summed E-state index contributed by atoms with van der Waals surface area (Å²) >= 11 is 4.32. The number of nitrogens with two attached hydrogens (primary N) is 1. The number of aryl methyl sites for hydroxylation is 1. The molecule has 1 rings (SSSR count). The number of thiol groups is 1. The average Bonchev–Trinajstić information content (AvgIpc) is 2.13. The van der Waals surface area contributed by atoms with Gasteiger partial charge in [0, 0.05) is 6.54 Å². The van der Waals surface area contributed by atoms with Crippen molar-refractivity contribution in [1.29, 1.82) is 0 Å². The Kier molecular flexibility index (Phi) is 4.00. The summed E-state index contributed by atoms with van der Waals surface area (Å²) in [5, 5.41) is 3.19. The largest absolute Gasteiger partial charge is 0.369 e. The van der Waals surface area contributed by atoms with Gasteiger partial charge in [-0.15, -0.1) is 12.6 Å². The van der Waals surface area contributed by atoms with Crippen LogP contribution in [0.4, 0.5) is 11.8 Å². The van der Waals surface area contributed by atoms with E-state index in [0.29, 0.717) is 5.95 Å². The van der Waals surface area contributed by atoms with Crippen LogP contribution in [0, 0.1) is 6.92 Å². The van der Waals surface area contributed by atoms with Gasteiger partial charge in [-0.1, -0.05) is 13.3 Å². The molecule has 0 spiro atoms. The summed E-state index contributed by atoms with van der Waals surface area (Å²) in [7, 11) is 0. The molecule has 0 unspecified atom stereocenters. The van der Waals surface area contributed by atoms with Crippen LogP contribution in [-0.4, -0.2) is 16.5 Å². The first-order chi connectivity index (χ1) is 6.65. The summed E-state index contributed by atoms with van der Waals surface area (Å²) < 4.78 is 0. The molecule has 0 aliphatic heterocycles. The average molecular weight is 212 g/mol. The number of anilines is 2. The zero-order valence-corrected chi connectivity index (χ0v) is 9.43. The van der Waals surface area contributed by atoms with Crippen LogP contribution in [0.1, 0.15) is 25.5 Å². The summed E-state index contributed by atoms with van der Waals surface area (Å²) in [6.07, 6.45) is 2.25. The molecule has 5 heteroatoms. The fourth-order valence-electron chi connectivity index (χ4n) is 1.10. The molecule has 3 N–H and O–H groups in total. The fraction of sp³-hybridized carbons (Fsp3) is 0.556. The molecule has 0 fully saturated rings. The van der Waals surface area contributed by atoms with Crippen molar-refractivity contribution in [3.8, 4) is 0 Å². The van der Waals surface area contributed by atoms with Crippen molar-refractivity contribution in [2.45, 2.75) is 31.6 Å². The van der Waals surface area contributed by atoms with E-state index in [0.717, 1.165) is 35.8 Å². The van der Waals surface area contributed by atoms with Crippen molar-refractivity contribution in [1.82, 2.24) is 9.97 Å². The molecule has 78 valence electrons. The van der Waals surface area contributed by atoms with E-state index in [2.05, 4.69) is 34.8 Å². The highest BCUT2D eigenvalue weighted by Crippen LogP contribution is 2.20. The summed E-state index contributed by atoms with van der Waals surface area (Å²) in [6.45, 7) is 4.90. The van der Waals surface area contributed by atoms with Gasteiger partial charge in [0.1, 0.15) is 5.82 Å². The van der Waals surface area contributed by atoms with Crippen molar-refractivity contribution in [3.63, 3.8) is 0 Å². The van der Waals surface area contributed by atoms with Gasteiger partial charge >= 0.3 is 0 Å². The highest BCUT2D eigenvalue weighted by Gasteiger charge is 2.05. The number of hydrogen-bond donors (Lipinski definition) is 3. The van der Waals surface area contributed by atoms with Gasteiger partial charge in [0.15, 0.2) is 0 Å². The zero-order valence-electron chi connectivity index (χ0n) is 8.54. The Hall–Kier alpha value is -0.970. The number of nitrogen functional groups attached to an aromatic ring is 1. The normalized spacial score (nSPS) is 10.2. The number of unbranched alkanes of at least 4 members (excludes halogenated alkanes) is 1. The van der Waals surface area contributed by atoms with Crippen LogP contribution in [-0.2, 0) is 0 Å². The van der Waals surface area contributed by atoms with Crippen LogP contribution >= 0.6 is 12.6 Å². The van der Waals surface area contributed by atoms with E-state index in [1.54, 1.807) is 0 Å². The van der Waals surface area contributed by atoms with Crippen LogP contribution in [0.5, 0.6) is 0 Å². The summed E-state index contributed by atoms with van der Waals surface area (Å²) in [5.74, 6) is 1.02. The first kappa shape index (κ1) is 11.1. The third-order valence-electron chi connectivity index (χ3n) is 1.90. The highest BCUT2D eigenvalue weighted by atomic mass is 32.1. The SMILES string of the molecule is CCCCNc1nc(N)nc(C)c1S.